The van der Waals surface area contributed by atoms with Crippen LogP contribution in [-0.2, 0) is 13.1 Å². The van der Waals surface area contributed by atoms with Crippen LogP contribution in [0.25, 0.3) is 11.0 Å². The van der Waals surface area contributed by atoms with E-state index in [1.807, 2.05) is 13.0 Å². The molecule has 1 aliphatic rings. The first kappa shape index (κ1) is 18.0. The molecular weight excluding hydrogens is 336 g/mol. The Bertz CT molecular complexity index is 986. The van der Waals surface area contributed by atoms with Crippen LogP contribution >= 0.6 is 0 Å². The second-order valence-electron chi connectivity index (χ2n) is 7.88. The van der Waals surface area contributed by atoms with Crippen molar-refractivity contribution >= 4 is 11.0 Å². The minimum absolute atomic E-state index is 0.241. The van der Waals surface area contributed by atoms with Crippen LogP contribution in [0.4, 0.5) is 0 Å². The molecule has 0 spiro atoms. The van der Waals surface area contributed by atoms with Crippen LogP contribution in [0, 0.1) is 13.8 Å². The van der Waals surface area contributed by atoms with Gasteiger partial charge in [0, 0.05) is 22.6 Å². The monoisotopic (exact) mass is 364 g/mol. The Morgan fingerprint density at radius 1 is 0.889 bits per heavy atom. The van der Waals surface area contributed by atoms with Crippen molar-refractivity contribution in [2.75, 3.05) is 26.2 Å². The van der Waals surface area contributed by atoms with Crippen molar-refractivity contribution in [3.63, 3.8) is 0 Å². The largest absolute Gasteiger partial charge is 0.423 e. The summed E-state index contributed by atoms with van der Waals surface area (Å²) in [5, 5.41) is 1.12. The van der Waals surface area contributed by atoms with Gasteiger partial charge < -0.3 is 14.2 Å². The van der Waals surface area contributed by atoms with Crippen LogP contribution in [0.1, 0.15) is 22.3 Å². The number of aryl methyl sites for hydroxylation is 2. The van der Waals surface area contributed by atoms with E-state index >= 15 is 0 Å². The zero-order chi connectivity index (χ0) is 18.8. The van der Waals surface area contributed by atoms with Crippen LogP contribution in [-0.4, -0.2) is 26.2 Å². The van der Waals surface area contributed by atoms with E-state index in [-0.39, 0.29) is 5.63 Å². The summed E-state index contributed by atoms with van der Waals surface area (Å²) < 4.78 is 5.47. The highest BCUT2D eigenvalue weighted by Gasteiger charge is 2.24. The van der Waals surface area contributed by atoms with Gasteiger partial charge in [-0.1, -0.05) is 36.4 Å². The molecule has 27 heavy (non-hydrogen) atoms. The lowest BCUT2D eigenvalue weighted by Crippen LogP contribution is -3.27. The molecule has 0 aliphatic carbocycles. The molecule has 4 heteroatoms. The van der Waals surface area contributed by atoms with Crippen molar-refractivity contribution in [3.05, 3.63) is 81.2 Å². The summed E-state index contributed by atoms with van der Waals surface area (Å²) in [6, 6.07) is 16.6. The first-order valence-electron chi connectivity index (χ1n) is 9.83. The molecule has 0 bridgehead atoms. The van der Waals surface area contributed by atoms with Gasteiger partial charge >= 0.3 is 5.63 Å². The number of hydrogen-bond acceptors (Lipinski definition) is 2. The van der Waals surface area contributed by atoms with Gasteiger partial charge in [0.05, 0.1) is 0 Å². The van der Waals surface area contributed by atoms with Crippen molar-refractivity contribution in [2.45, 2.75) is 26.9 Å². The molecule has 140 valence electrons. The second kappa shape index (κ2) is 7.67. The van der Waals surface area contributed by atoms with E-state index in [2.05, 4.69) is 43.3 Å². The fourth-order valence-electron chi connectivity index (χ4n) is 4.38. The minimum Gasteiger partial charge on any atom is -0.423 e. The summed E-state index contributed by atoms with van der Waals surface area (Å²) >= 11 is 0. The molecule has 0 radical (unpaired) electrons. The summed E-state index contributed by atoms with van der Waals surface area (Å²) in [5.41, 5.74) is 5.34. The Morgan fingerprint density at radius 3 is 2.26 bits per heavy atom. The molecule has 1 saturated heterocycles. The van der Waals surface area contributed by atoms with E-state index in [1.54, 1.807) is 15.9 Å². The summed E-state index contributed by atoms with van der Waals surface area (Å²) in [7, 11) is 0. The third kappa shape index (κ3) is 4.12. The zero-order valence-corrected chi connectivity index (χ0v) is 16.2. The lowest BCUT2D eigenvalue weighted by Gasteiger charge is -2.30. The normalized spacial score (nSPS) is 20.1. The highest BCUT2D eigenvalue weighted by atomic mass is 16.4. The van der Waals surface area contributed by atoms with Crippen molar-refractivity contribution in [2.24, 2.45) is 0 Å². The van der Waals surface area contributed by atoms with Gasteiger partial charge in [0.2, 0.25) is 0 Å². The molecule has 1 aromatic heterocycles. The Labute approximate surface area is 160 Å². The van der Waals surface area contributed by atoms with Crippen LogP contribution in [0.2, 0.25) is 0 Å². The van der Waals surface area contributed by atoms with Crippen molar-refractivity contribution < 1.29 is 14.2 Å². The maximum absolute atomic E-state index is 12.0. The Hall–Kier alpha value is -2.43. The molecule has 4 nitrogen and oxygen atoms in total. The average Bonchev–Trinajstić information content (AvgIpc) is 2.63. The molecular formula is C23H28N2O2+2. The van der Waals surface area contributed by atoms with Crippen molar-refractivity contribution in [1.29, 1.82) is 0 Å². The minimum atomic E-state index is -0.241. The number of hydrogen-bond donors (Lipinski definition) is 2. The smallest absolute Gasteiger partial charge is 0.336 e. The predicted molar refractivity (Wildman–Crippen MR) is 107 cm³/mol. The standard InChI is InChI=1S/C23H26N2O2/c1-17-12-18(2)23-20(14-22(26)27-21(23)13-17)16-25-10-8-24(9-11-25)15-19-6-4-3-5-7-19/h3-7,12-14H,8-11,15-16H2,1-2H3/p+2. The van der Waals surface area contributed by atoms with Crippen LogP contribution in [0.15, 0.2) is 57.7 Å². The third-order valence-electron chi connectivity index (χ3n) is 5.67. The average molecular weight is 364 g/mol. The van der Waals surface area contributed by atoms with Crippen LogP contribution in [0.3, 0.4) is 0 Å². The number of benzene rings is 2. The lowest BCUT2D eigenvalue weighted by atomic mass is 10.0. The molecule has 2 N–H and O–H groups in total. The molecule has 1 aliphatic heterocycles. The van der Waals surface area contributed by atoms with Gasteiger partial charge in [0.25, 0.3) is 0 Å². The fourth-order valence-corrected chi connectivity index (χ4v) is 4.38. The molecule has 0 amide bonds. The fraction of sp³-hybridized carbons (Fsp3) is 0.348. The van der Waals surface area contributed by atoms with E-state index < -0.39 is 0 Å². The topological polar surface area (TPSA) is 39.1 Å². The quantitative estimate of drug-likeness (QED) is 0.675. The Morgan fingerprint density at radius 2 is 1.56 bits per heavy atom. The van der Waals surface area contributed by atoms with Gasteiger partial charge in [0.15, 0.2) is 0 Å². The molecule has 2 heterocycles. The van der Waals surface area contributed by atoms with E-state index in [0.717, 1.165) is 48.3 Å². The molecule has 2 aromatic carbocycles. The van der Waals surface area contributed by atoms with Crippen LogP contribution in [0.5, 0.6) is 0 Å². The summed E-state index contributed by atoms with van der Waals surface area (Å²) in [6.45, 7) is 10.7. The van der Waals surface area contributed by atoms with E-state index in [0.29, 0.717) is 0 Å². The van der Waals surface area contributed by atoms with Gasteiger partial charge in [-0.2, -0.15) is 0 Å². The maximum atomic E-state index is 12.0. The Kier molecular flexibility index (Phi) is 5.10. The molecule has 0 unspecified atom stereocenters. The first-order valence-corrected chi connectivity index (χ1v) is 9.83. The number of piperazine rings is 1. The molecule has 4 rings (SSSR count). The molecule has 0 saturated carbocycles. The maximum Gasteiger partial charge on any atom is 0.336 e. The predicted octanol–water partition coefficient (Wildman–Crippen LogP) is 0.893. The van der Waals surface area contributed by atoms with Gasteiger partial charge in [-0.3, -0.25) is 0 Å². The van der Waals surface area contributed by atoms with Gasteiger partial charge in [-0.15, -0.1) is 0 Å². The lowest BCUT2D eigenvalue weighted by molar-refractivity contribution is -1.02. The van der Waals surface area contributed by atoms with E-state index in [1.165, 1.54) is 24.2 Å². The van der Waals surface area contributed by atoms with Crippen molar-refractivity contribution in [1.82, 2.24) is 0 Å². The van der Waals surface area contributed by atoms with Crippen LogP contribution < -0.4 is 15.4 Å². The highest BCUT2D eigenvalue weighted by Crippen LogP contribution is 2.22. The number of nitrogens with one attached hydrogen (secondary N) is 2. The molecule has 0 atom stereocenters. The van der Waals surface area contributed by atoms with Gasteiger partial charge in [0.1, 0.15) is 44.9 Å². The summed E-state index contributed by atoms with van der Waals surface area (Å²) in [4.78, 5) is 15.2. The number of rotatable bonds is 4. The Balaban J connectivity index is 1.47. The van der Waals surface area contributed by atoms with E-state index in [9.17, 15) is 4.79 Å². The summed E-state index contributed by atoms with van der Waals surface area (Å²) in [6.07, 6.45) is 0. The third-order valence-corrected chi connectivity index (χ3v) is 5.67. The van der Waals surface area contributed by atoms with E-state index in [4.69, 9.17) is 4.42 Å². The second-order valence-corrected chi connectivity index (χ2v) is 7.88. The number of quaternary nitrogens is 2. The van der Waals surface area contributed by atoms with Gasteiger partial charge in [-0.25, -0.2) is 4.79 Å². The number of fused-ring (bicyclic) bond motifs is 1. The molecule has 3 aromatic rings. The SMILES string of the molecule is Cc1cc(C)c2c(C[NH+]3CC[NH+](Cc4ccccc4)CC3)cc(=O)oc2c1. The molecule has 1 fully saturated rings. The first-order chi connectivity index (χ1) is 13.1. The summed E-state index contributed by atoms with van der Waals surface area (Å²) in [5.74, 6) is 0. The van der Waals surface area contributed by atoms with Gasteiger partial charge in [-0.05, 0) is 31.0 Å². The zero-order valence-electron chi connectivity index (χ0n) is 16.2. The van der Waals surface area contributed by atoms with Crippen molar-refractivity contribution in [3.8, 4) is 0 Å². The highest BCUT2D eigenvalue weighted by molar-refractivity contribution is 5.84.